The highest BCUT2D eigenvalue weighted by atomic mass is 16.2. The molecule has 4 rings (SSSR count). The third-order valence-electron chi connectivity index (χ3n) is 4.68. The Morgan fingerprint density at radius 1 is 1.23 bits per heavy atom. The molecule has 1 saturated heterocycles. The Balaban J connectivity index is 1.47. The fraction of sp³-hybridized carbons (Fsp3) is 0.333. The van der Waals surface area contributed by atoms with Crippen molar-refractivity contribution in [2.75, 3.05) is 25.5 Å². The molecule has 0 atom stereocenters. The van der Waals surface area contributed by atoms with Gasteiger partial charge >= 0.3 is 6.03 Å². The van der Waals surface area contributed by atoms with Gasteiger partial charge in [0.05, 0.1) is 35.3 Å². The standard InChI is InChI=1S/C18H21N7O/c1-24(14-6-8-19-9-7-14)18(26)22-13-10-21-25(12-13)17-11-20-15-4-2-3-5-16(15)23-17/h2-5,10-12,14,19H,6-9H2,1H3,(H,22,26). The van der Waals surface area contributed by atoms with Crippen molar-refractivity contribution >= 4 is 22.8 Å². The maximum atomic E-state index is 12.5. The maximum Gasteiger partial charge on any atom is 0.321 e. The topological polar surface area (TPSA) is 88.0 Å². The number of nitrogens with one attached hydrogen (secondary N) is 2. The number of urea groups is 1. The molecule has 2 N–H and O–H groups in total. The van der Waals surface area contributed by atoms with E-state index in [0.29, 0.717) is 11.5 Å². The fourth-order valence-electron chi connectivity index (χ4n) is 3.14. The van der Waals surface area contributed by atoms with Crippen LogP contribution in [0.3, 0.4) is 0 Å². The Kier molecular flexibility index (Phi) is 4.49. The van der Waals surface area contributed by atoms with Crippen LogP contribution in [0.4, 0.5) is 10.5 Å². The zero-order chi connectivity index (χ0) is 17.9. The number of hydrogen-bond donors (Lipinski definition) is 2. The summed E-state index contributed by atoms with van der Waals surface area (Å²) in [4.78, 5) is 23.2. The largest absolute Gasteiger partial charge is 0.325 e. The van der Waals surface area contributed by atoms with E-state index < -0.39 is 0 Å². The minimum absolute atomic E-state index is 0.124. The Morgan fingerprint density at radius 2 is 2.00 bits per heavy atom. The number of anilines is 1. The summed E-state index contributed by atoms with van der Waals surface area (Å²) in [6.07, 6.45) is 6.96. The fourth-order valence-corrected chi connectivity index (χ4v) is 3.14. The molecule has 2 aromatic heterocycles. The highest BCUT2D eigenvalue weighted by Crippen LogP contribution is 2.15. The van der Waals surface area contributed by atoms with E-state index in [0.717, 1.165) is 37.0 Å². The molecule has 1 aliphatic heterocycles. The summed E-state index contributed by atoms with van der Waals surface area (Å²) < 4.78 is 1.61. The minimum Gasteiger partial charge on any atom is -0.325 e. The third kappa shape index (κ3) is 3.36. The number of piperidine rings is 1. The molecule has 8 heteroatoms. The van der Waals surface area contributed by atoms with E-state index >= 15 is 0 Å². The van der Waals surface area contributed by atoms with Crippen molar-refractivity contribution in [1.82, 2.24) is 30.0 Å². The quantitative estimate of drug-likeness (QED) is 0.754. The van der Waals surface area contributed by atoms with Gasteiger partial charge in [0.1, 0.15) is 0 Å². The number of nitrogens with zero attached hydrogens (tertiary/aromatic N) is 5. The molecule has 8 nitrogen and oxygen atoms in total. The number of carbonyl (C=O) groups is 1. The van der Waals surface area contributed by atoms with Crippen LogP contribution in [0.25, 0.3) is 16.9 Å². The molecule has 3 heterocycles. The van der Waals surface area contributed by atoms with Gasteiger partial charge in [-0.2, -0.15) is 5.10 Å². The highest BCUT2D eigenvalue weighted by molar-refractivity contribution is 5.89. The summed E-state index contributed by atoms with van der Waals surface area (Å²) in [7, 11) is 1.84. The second-order valence-corrected chi connectivity index (χ2v) is 6.41. The third-order valence-corrected chi connectivity index (χ3v) is 4.68. The van der Waals surface area contributed by atoms with Gasteiger partial charge in [-0.3, -0.25) is 4.98 Å². The molecule has 0 radical (unpaired) electrons. The molecule has 0 saturated carbocycles. The summed E-state index contributed by atoms with van der Waals surface area (Å²) in [6, 6.07) is 7.81. The molecule has 1 aliphatic rings. The first-order chi connectivity index (χ1) is 12.7. The number of rotatable bonds is 3. The van der Waals surface area contributed by atoms with Crippen LogP contribution >= 0.6 is 0 Å². The van der Waals surface area contributed by atoms with Gasteiger partial charge in [0, 0.05) is 13.1 Å². The van der Waals surface area contributed by atoms with Gasteiger partial charge in [-0.05, 0) is 38.1 Å². The van der Waals surface area contributed by atoms with E-state index in [1.165, 1.54) is 0 Å². The van der Waals surface area contributed by atoms with Crippen molar-refractivity contribution < 1.29 is 4.79 Å². The van der Waals surface area contributed by atoms with Gasteiger partial charge in [0.2, 0.25) is 0 Å². The van der Waals surface area contributed by atoms with E-state index in [1.807, 2.05) is 31.3 Å². The minimum atomic E-state index is -0.124. The number of para-hydroxylation sites is 2. The lowest BCUT2D eigenvalue weighted by molar-refractivity contribution is 0.189. The van der Waals surface area contributed by atoms with Gasteiger partial charge in [-0.1, -0.05) is 12.1 Å². The Morgan fingerprint density at radius 3 is 2.81 bits per heavy atom. The van der Waals surface area contributed by atoms with Gasteiger partial charge in [-0.25, -0.2) is 14.5 Å². The number of benzene rings is 1. The van der Waals surface area contributed by atoms with Crippen molar-refractivity contribution in [2.45, 2.75) is 18.9 Å². The highest BCUT2D eigenvalue weighted by Gasteiger charge is 2.22. The first-order valence-electron chi connectivity index (χ1n) is 8.72. The number of hydrogen-bond acceptors (Lipinski definition) is 5. The number of amides is 2. The smallest absolute Gasteiger partial charge is 0.321 e. The molecule has 1 fully saturated rings. The molecule has 0 unspecified atom stereocenters. The van der Waals surface area contributed by atoms with Gasteiger partial charge in [0.25, 0.3) is 0 Å². The molecule has 26 heavy (non-hydrogen) atoms. The van der Waals surface area contributed by atoms with E-state index in [-0.39, 0.29) is 12.1 Å². The molecule has 134 valence electrons. The Labute approximate surface area is 151 Å². The van der Waals surface area contributed by atoms with Crippen LogP contribution in [0.2, 0.25) is 0 Å². The monoisotopic (exact) mass is 351 g/mol. The van der Waals surface area contributed by atoms with E-state index in [2.05, 4.69) is 25.7 Å². The predicted octanol–water partition coefficient (Wildman–Crippen LogP) is 2.03. The molecular formula is C18H21N7O. The summed E-state index contributed by atoms with van der Waals surface area (Å²) >= 11 is 0. The molecule has 0 aliphatic carbocycles. The number of fused-ring (bicyclic) bond motifs is 1. The van der Waals surface area contributed by atoms with Crippen LogP contribution in [-0.2, 0) is 0 Å². The van der Waals surface area contributed by atoms with Crippen LogP contribution in [0.1, 0.15) is 12.8 Å². The second kappa shape index (κ2) is 7.09. The molecule has 0 bridgehead atoms. The first-order valence-corrected chi connectivity index (χ1v) is 8.72. The van der Waals surface area contributed by atoms with Crippen molar-refractivity contribution in [3.8, 4) is 5.82 Å². The zero-order valence-corrected chi connectivity index (χ0v) is 14.6. The van der Waals surface area contributed by atoms with Crippen LogP contribution in [0.15, 0.2) is 42.9 Å². The van der Waals surface area contributed by atoms with Crippen molar-refractivity contribution in [1.29, 1.82) is 0 Å². The zero-order valence-electron chi connectivity index (χ0n) is 14.6. The van der Waals surface area contributed by atoms with Crippen molar-refractivity contribution in [3.63, 3.8) is 0 Å². The first kappa shape index (κ1) is 16.5. The normalized spacial score (nSPS) is 15.1. The van der Waals surface area contributed by atoms with Crippen LogP contribution < -0.4 is 10.6 Å². The van der Waals surface area contributed by atoms with Crippen molar-refractivity contribution in [2.24, 2.45) is 0 Å². The van der Waals surface area contributed by atoms with E-state index in [9.17, 15) is 4.79 Å². The summed E-state index contributed by atoms with van der Waals surface area (Å²) in [5.74, 6) is 0.607. The average Bonchev–Trinajstić information content (AvgIpc) is 3.16. The molecule has 3 aromatic rings. The van der Waals surface area contributed by atoms with E-state index in [4.69, 9.17) is 0 Å². The summed E-state index contributed by atoms with van der Waals surface area (Å²) in [5, 5.41) is 10.5. The molecule has 0 spiro atoms. The predicted molar refractivity (Wildman–Crippen MR) is 99.3 cm³/mol. The molecule has 2 amide bonds. The van der Waals surface area contributed by atoms with Gasteiger partial charge in [0.15, 0.2) is 5.82 Å². The summed E-state index contributed by atoms with van der Waals surface area (Å²) in [5.41, 5.74) is 2.27. The number of aromatic nitrogens is 4. The van der Waals surface area contributed by atoms with E-state index in [1.54, 1.807) is 28.2 Å². The van der Waals surface area contributed by atoms with Gasteiger partial charge < -0.3 is 15.5 Å². The molecule has 1 aromatic carbocycles. The second-order valence-electron chi connectivity index (χ2n) is 6.41. The van der Waals surface area contributed by atoms with Crippen LogP contribution in [0.5, 0.6) is 0 Å². The lowest BCUT2D eigenvalue weighted by Gasteiger charge is -2.31. The lowest BCUT2D eigenvalue weighted by Crippen LogP contribution is -2.45. The van der Waals surface area contributed by atoms with Crippen molar-refractivity contribution in [3.05, 3.63) is 42.9 Å². The van der Waals surface area contributed by atoms with Crippen LogP contribution in [-0.4, -0.2) is 56.9 Å². The van der Waals surface area contributed by atoms with Crippen LogP contribution in [0, 0.1) is 0 Å². The van der Waals surface area contributed by atoms with Gasteiger partial charge in [-0.15, -0.1) is 0 Å². The lowest BCUT2D eigenvalue weighted by atomic mass is 10.1. The summed E-state index contributed by atoms with van der Waals surface area (Å²) in [6.45, 7) is 1.89. The Hall–Kier alpha value is -3.00. The molecular weight excluding hydrogens is 330 g/mol. The SMILES string of the molecule is CN(C(=O)Nc1cnn(-c2cnc3ccccc3n2)c1)C1CCNCC1. The average molecular weight is 351 g/mol. The number of carbonyl (C=O) groups excluding carboxylic acids is 1. The maximum absolute atomic E-state index is 12.5. The Bertz CT molecular complexity index is 917.